The fourth-order valence-corrected chi connectivity index (χ4v) is 3.27. The molecule has 1 saturated carbocycles. The van der Waals surface area contributed by atoms with Crippen molar-refractivity contribution in [1.29, 1.82) is 0 Å². The standard InChI is InChI=1S/C16H28N4O4/c21-14(22)6-9-17-16(24)20-10-7-13(8-11-20)19-15(23)18-12-4-2-1-3-5-12/h12-13H,1-11H2,(H,17,24)(H,21,22)(H2,18,19,23). The second kappa shape index (κ2) is 9.34. The summed E-state index contributed by atoms with van der Waals surface area (Å²) < 4.78 is 0. The van der Waals surface area contributed by atoms with Crippen LogP contribution >= 0.6 is 0 Å². The zero-order valence-corrected chi connectivity index (χ0v) is 14.1. The number of nitrogens with one attached hydrogen (secondary N) is 3. The summed E-state index contributed by atoms with van der Waals surface area (Å²) in [5, 5.41) is 17.2. The van der Waals surface area contributed by atoms with E-state index in [4.69, 9.17) is 5.11 Å². The molecule has 0 bridgehead atoms. The van der Waals surface area contributed by atoms with Gasteiger partial charge in [0, 0.05) is 31.7 Å². The average Bonchev–Trinajstić information content (AvgIpc) is 2.56. The highest BCUT2D eigenvalue weighted by atomic mass is 16.4. The van der Waals surface area contributed by atoms with Crippen molar-refractivity contribution in [2.75, 3.05) is 19.6 Å². The van der Waals surface area contributed by atoms with E-state index in [0.717, 1.165) is 12.8 Å². The molecule has 2 rings (SSSR count). The molecule has 2 aliphatic rings. The first-order valence-electron chi connectivity index (χ1n) is 8.86. The minimum Gasteiger partial charge on any atom is -0.481 e. The van der Waals surface area contributed by atoms with Crippen LogP contribution in [0.1, 0.15) is 51.4 Å². The molecule has 24 heavy (non-hydrogen) atoms. The summed E-state index contributed by atoms with van der Waals surface area (Å²) >= 11 is 0. The van der Waals surface area contributed by atoms with Crippen LogP contribution in [-0.4, -0.2) is 59.8 Å². The van der Waals surface area contributed by atoms with E-state index in [1.807, 2.05) is 0 Å². The van der Waals surface area contributed by atoms with Crippen molar-refractivity contribution in [3.8, 4) is 0 Å². The third-order valence-electron chi connectivity index (χ3n) is 4.67. The molecule has 1 saturated heterocycles. The topological polar surface area (TPSA) is 111 Å². The van der Waals surface area contributed by atoms with Gasteiger partial charge in [-0.05, 0) is 25.7 Å². The van der Waals surface area contributed by atoms with Crippen molar-refractivity contribution in [2.45, 2.75) is 63.5 Å². The molecule has 0 aromatic rings. The lowest BCUT2D eigenvalue weighted by Gasteiger charge is -2.33. The maximum atomic E-state index is 12.0. The number of urea groups is 2. The molecule has 1 heterocycles. The van der Waals surface area contributed by atoms with Gasteiger partial charge in [-0.1, -0.05) is 19.3 Å². The van der Waals surface area contributed by atoms with Gasteiger partial charge in [-0.15, -0.1) is 0 Å². The SMILES string of the molecule is O=C(O)CCNC(=O)N1CCC(NC(=O)NC2CCCCC2)CC1. The molecule has 4 amide bonds. The summed E-state index contributed by atoms with van der Waals surface area (Å²) in [6, 6.07) is 0.0307. The summed E-state index contributed by atoms with van der Waals surface area (Å²) in [7, 11) is 0. The molecule has 1 aliphatic carbocycles. The number of hydrogen-bond donors (Lipinski definition) is 4. The number of rotatable bonds is 5. The van der Waals surface area contributed by atoms with Gasteiger partial charge in [0.15, 0.2) is 0 Å². The molecular formula is C16H28N4O4. The predicted octanol–water partition coefficient (Wildman–Crippen LogP) is 1.27. The first kappa shape index (κ1) is 18.4. The van der Waals surface area contributed by atoms with Crippen LogP contribution in [0.4, 0.5) is 9.59 Å². The molecule has 4 N–H and O–H groups in total. The van der Waals surface area contributed by atoms with Gasteiger partial charge in [0.05, 0.1) is 6.42 Å². The van der Waals surface area contributed by atoms with Gasteiger partial charge >= 0.3 is 18.0 Å². The van der Waals surface area contributed by atoms with Gasteiger partial charge in [0.1, 0.15) is 0 Å². The molecule has 0 aromatic carbocycles. The Hall–Kier alpha value is -1.99. The van der Waals surface area contributed by atoms with Crippen LogP contribution in [0.25, 0.3) is 0 Å². The zero-order chi connectivity index (χ0) is 17.4. The van der Waals surface area contributed by atoms with Gasteiger partial charge in [-0.3, -0.25) is 4.79 Å². The average molecular weight is 340 g/mol. The molecule has 8 nitrogen and oxygen atoms in total. The molecule has 1 aliphatic heterocycles. The lowest BCUT2D eigenvalue weighted by atomic mass is 9.96. The van der Waals surface area contributed by atoms with Crippen LogP contribution < -0.4 is 16.0 Å². The molecule has 8 heteroatoms. The Kier molecular flexibility index (Phi) is 7.14. The number of carboxylic acids is 1. The number of nitrogens with zero attached hydrogens (tertiary/aromatic N) is 1. The first-order chi connectivity index (χ1) is 11.5. The number of likely N-dealkylation sites (tertiary alicyclic amines) is 1. The maximum absolute atomic E-state index is 12.0. The van der Waals surface area contributed by atoms with Crippen molar-refractivity contribution in [3.63, 3.8) is 0 Å². The highest BCUT2D eigenvalue weighted by Crippen LogP contribution is 2.17. The van der Waals surface area contributed by atoms with E-state index in [2.05, 4.69) is 16.0 Å². The number of piperidine rings is 1. The van der Waals surface area contributed by atoms with Crippen molar-refractivity contribution in [3.05, 3.63) is 0 Å². The van der Waals surface area contributed by atoms with E-state index in [1.54, 1.807) is 4.90 Å². The minimum atomic E-state index is -0.929. The Morgan fingerprint density at radius 3 is 2.08 bits per heavy atom. The van der Waals surface area contributed by atoms with E-state index in [0.29, 0.717) is 32.0 Å². The second-order valence-corrected chi connectivity index (χ2v) is 6.59. The number of hydrogen-bond acceptors (Lipinski definition) is 3. The van der Waals surface area contributed by atoms with Gasteiger partial charge in [0.25, 0.3) is 0 Å². The Morgan fingerprint density at radius 2 is 1.50 bits per heavy atom. The molecule has 0 atom stereocenters. The second-order valence-electron chi connectivity index (χ2n) is 6.59. The van der Waals surface area contributed by atoms with Crippen LogP contribution in [0.3, 0.4) is 0 Å². The quantitative estimate of drug-likeness (QED) is 0.604. The van der Waals surface area contributed by atoms with Gasteiger partial charge in [0.2, 0.25) is 0 Å². The summed E-state index contributed by atoms with van der Waals surface area (Å²) in [6.07, 6.45) is 7.08. The molecule has 0 aromatic heterocycles. The largest absolute Gasteiger partial charge is 0.481 e. The van der Waals surface area contributed by atoms with Crippen molar-refractivity contribution < 1.29 is 19.5 Å². The van der Waals surface area contributed by atoms with Crippen LogP contribution in [0, 0.1) is 0 Å². The van der Waals surface area contributed by atoms with Gasteiger partial charge in [-0.2, -0.15) is 0 Å². The third-order valence-corrected chi connectivity index (χ3v) is 4.67. The fraction of sp³-hybridized carbons (Fsp3) is 0.812. The summed E-state index contributed by atoms with van der Waals surface area (Å²) in [5.74, 6) is -0.929. The van der Waals surface area contributed by atoms with E-state index in [1.165, 1.54) is 19.3 Å². The van der Waals surface area contributed by atoms with Crippen molar-refractivity contribution >= 4 is 18.0 Å². The zero-order valence-electron chi connectivity index (χ0n) is 14.1. The minimum absolute atomic E-state index is 0.0783. The Labute approximate surface area is 142 Å². The van der Waals surface area contributed by atoms with Gasteiger partial charge in [-0.25, -0.2) is 9.59 Å². The number of carboxylic acid groups (broad SMARTS) is 1. The monoisotopic (exact) mass is 340 g/mol. The third kappa shape index (κ3) is 6.25. The van der Waals surface area contributed by atoms with Crippen molar-refractivity contribution in [2.24, 2.45) is 0 Å². The molecule has 0 spiro atoms. The molecule has 2 fully saturated rings. The maximum Gasteiger partial charge on any atom is 0.317 e. The van der Waals surface area contributed by atoms with Gasteiger partial charge < -0.3 is 26.0 Å². The summed E-state index contributed by atoms with van der Waals surface area (Å²) in [6.45, 7) is 1.26. The first-order valence-corrected chi connectivity index (χ1v) is 8.86. The summed E-state index contributed by atoms with van der Waals surface area (Å²) in [5.41, 5.74) is 0. The predicted molar refractivity (Wildman–Crippen MR) is 88.8 cm³/mol. The number of aliphatic carboxylic acids is 1. The Balaban J connectivity index is 1.62. The normalized spacial score (nSPS) is 19.6. The molecular weight excluding hydrogens is 312 g/mol. The lowest BCUT2D eigenvalue weighted by molar-refractivity contribution is -0.136. The molecule has 0 radical (unpaired) electrons. The Morgan fingerprint density at radius 1 is 0.917 bits per heavy atom. The fourth-order valence-electron chi connectivity index (χ4n) is 3.27. The van der Waals surface area contributed by atoms with E-state index in [-0.39, 0.29) is 31.1 Å². The van der Waals surface area contributed by atoms with E-state index in [9.17, 15) is 14.4 Å². The molecule has 0 unspecified atom stereocenters. The number of carbonyl (C=O) groups excluding carboxylic acids is 2. The molecule has 136 valence electrons. The van der Waals surface area contributed by atoms with Crippen LogP contribution in [0.2, 0.25) is 0 Å². The summed E-state index contributed by atoms with van der Waals surface area (Å²) in [4.78, 5) is 36.0. The lowest BCUT2D eigenvalue weighted by Crippen LogP contribution is -2.52. The number of amides is 4. The number of carbonyl (C=O) groups is 3. The van der Waals surface area contributed by atoms with E-state index < -0.39 is 5.97 Å². The van der Waals surface area contributed by atoms with E-state index >= 15 is 0 Å². The smallest absolute Gasteiger partial charge is 0.317 e. The van der Waals surface area contributed by atoms with Crippen LogP contribution in [0.5, 0.6) is 0 Å². The highest BCUT2D eigenvalue weighted by Gasteiger charge is 2.24. The van der Waals surface area contributed by atoms with Crippen molar-refractivity contribution in [1.82, 2.24) is 20.9 Å². The van der Waals surface area contributed by atoms with Crippen LogP contribution in [0.15, 0.2) is 0 Å². The Bertz CT molecular complexity index is 443. The highest BCUT2D eigenvalue weighted by molar-refractivity contribution is 5.76. The van der Waals surface area contributed by atoms with Crippen LogP contribution in [-0.2, 0) is 4.79 Å².